The second-order valence-corrected chi connectivity index (χ2v) is 4.89. The number of hydrogen-bond acceptors (Lipinski definition) is 3. The fourth-order valence-corrected chi connectivity index (χ4v) is 2.35. The van der Waals surface area contributed by atoms with Crippen LogP contribution >= 0.6 is 0 Å². The lowest BCUT2D eigenvalue weighted by atomic mass is 10.1. The third-order valence-electron chi connectivity index (χ3n) is 3.16. The Labute approximate surface area is 121 Å². The number of aromatic nitrogens is 1. The van der Waals surface area contributed by atoms with E-state index in [0.29, 0.717) is 35.2 Å². The molecule has 3 nitrogen and oxygen atoms in total. The fraction of sp³-hybridized carbons (Fsp3) is 0.400. The number of nitrogens with two attached hydrogens (primary N) is 1. The first kappa shape index (κ1) is 15.6. The third-order valence-corrected chi connectivity index (χ3v) is 3.16. The molecule has 0 aliphatic carbocycles. The van der Waals surface area contributed by atoms with Gasteiger partial charge in [-0.05, 0) is 18.6 Å². The lowest BCUT2D eigenvalue weighted by Gasteiger charge is -2.27. The standard InChI is InChI=1S/C15H18F3N3/c1-2-7-21(10-15(16,17)18)14-8-11(9-19)20-13-6-4-3-5-12(13)14/h3-6,8H,2,7,9-10,19H2,1H3. The zero-order chi connectivity index (χ0) is 15.5. The number of fused-ring (bicyclic) bond motifs is 1. The van der Waals surface area contributed by atoms with E-state index in [0.717, 1.165) is 0 Å². The maximum absolute atomic E-state index is 12.8. The van der Waals surface area contributed by atoms with Gasteiger partial charge in [-0.2, -0.15) is 13.2 Å². The Balaban J connectivity index is 2.54. The van der Waals surface area contributed by atoms with Crippen molar-refractivity contribution in [2.45, 2.75) is 26.1 Å². The number of anilines is 1. The van der Waals surface area contributed by atoms with Crippen molar-refractivity contribution in [2.24, 2.45) is 5.73 Å². The molecule has 0 aliphatic heterocycles. The summed E-state index contributed by atoms with van der Waals surface area (Å²) >= 11 is 0. The van der Waals surface area contributed by atoms with Crippen molar-refractivity contribution in [3.63, 3.8) is 0 Å². The molecule has 2 rings (SSSR count). The van der Waals surface area contributed by atoms with Gasteiger partial charge in [0.15, 0.2) is 0 Å². The zero-order valence-corrected chi connectivity index (χ0v) is 11.8. The second-order valence-electron chi connectivity index (χ2n) is 4.89. The highest BCUT2D eigenvalue weighted by molar-refractivity contribution is 5.92. The van der Waals surface area contributed by atoms with E-state index >= 15 is 0 Å². The van der Waals surface area contributed by atoms with Gasteiger partial charge < -0.3 is 10.6 Å². The Morgan fingerprint density at radius 3 is 2.57 bits per heavy atom. The highest BCUT2D eigenvalue weighted by Gasteiger charge is 2.31. The Hall–Kier alpha value is -1.82. The molecule has 21 heavy (non-hydrogen) atoms. The van der Waals surface area contributed by atoms with E-state index in [9.17, 15) is 13.2 Å². The van der Waals surface area contributed by atoms with Gasteiger partial charge >= 0.3 is 6.18 Å². The molecule has 1 heterocycles. The molecule has 2 aromatic rings. The molecule has 0 spiro atoms. The number of hydrogen-bond donors (Lipinski definition) is 1. The molecule has 6 heteroatoms. The minimum atomic E-state index is -4.25. The number of para-hydroxylation sites is 1. The largest absolute Gasteiger partial charge is 0.405 e. The van der Waals surface area contributed by atoms with Gasteiger partial charge in [-0.3, -0.25) is 4.98 Å². The van der Waals surface area contributed by atoms with Crippen LogP contribution in [0, 0.1) is 0 Å². The lowest BCUT2D eigenvalue weighted by molar-refractivity contribution is -0.119. The highest BCUT2D eigenvalue weighted by atomic mass is 19.4. The summed E-state index contributed by atoms with van der Waals surface area (Å²) in [6.45, 7) is 1.41. The topological polar surface area (TPSA) is 42.1 Å². The number of nitrogens with zero attached hydrogens (tertiary/aromatic N) is 2. The average Bonchev–Trinajstić information content (AvgIpc) is 2.44. The summed E-state index contributed by atoms with van der Waals surface area (Å²) in [5.74, 6) is 0. The number of rotatable bonds is 5. The number of alkyl halides is 3. The van der Waals surface area contributed by atoms with E-state index in [1.165, 1.54) is 4.90 Å². The van der Waals surface area contributed by atoms with Crippen LogP contribution < -0.4 is 10.6 Å². The number of pyridine rings is 1. The molecule has 0 saturated heterocycles. The molecule has 0 bridgehead atoms. The first-order valence-electron chi connectivity index (χ1n) is 6.85. The van der Waals surface area contributed by atoms with Gasteiger partial charge in [-0.1, -0.05) is 25.1 Å². The molecule has 114 valence electrons. The fourth-order valence-electron chi connectivity index (χ4n) is 2.35. The van der Waals surface area contributed by atoms with Crippen molar-refractivity contribution in [1.29, 1.82) is 0 Å². The van der Waals surface area contributed by atoms with Gasteiger partial charge in [0, 0.05) is 24.2 Å². The summed E-state index contributed by atoms with van der Waals surface area (Å²) in [5.41, 5.74) is 7.41. The van der Waals surface area contributed by atoms with Crippen molar-refractivity contribution in [2.75, 3.05) is 18.0 Å². The van der Waals surface area contributed by atoms with E-state index in [1.54, 1.807) is 24.3 Å². The molecule has 0 amide bonds. The van der Waals surface area contributed by atoms with Crippen LogP contribution in [-0.2, 0) is 6.54 Å². The molecule has 1 aromatic carbocycles. The second kappa shape index (κ2) is 6.30. The summed E-state index contributed by atoms with van der Waals surface area (Å²) < 4.78 is 38.4. The summed E-state index contributed by atoms with van der Waals surface area (Å²) in [6, 6.07) is 8.84. The smallest absolute Gasteiger partial charge is 0.362 e. The summed E-state index contributed by atoms with van der Waals surface area (Å²) in [6.07, 6.45) is -3.62. The highest BCUT2D eigenvalue weighted by Crippen LogP contribution is 2.29. The Bertz CT molecular complexity index is 611. The maximum Gasteiger partial charge on any atom is 0.405 e. The minimum absolute atomic E-state index is 0.198. The predicted molar refractivity (Wildman–Crippen MR) is 78.2 cm³/mol. The summed E-state index contributed by atoms with van der Waals surface area (Å²) in [7, 11) is 0. The van der Waals surface area contributed by atoms with Crippen molar-refractivity contribution in [3.05, 3.63) is 36.0 Å². The van der Waals surface area contributed by atoms with Crippen LogP contribution in [0.15, 0.2) is 30.3 Å². The van der Waals surface area contributed by atoms with E-state index < -0.39 is 12.7 Å². The zero-order valence-electron chi connectivity index (χ0n) is 11.8. The van der Waals surface area contributed by atoms with Crippen LogP contribution in [-0.4, -0.2) is 24.2 Å². The normalized spacial score (nSPS) is 11.9. The molecule has 0 fully saturated rings. The Morgan fingerprint density at radius 2 is 1.95 bits per heavy atom. The molecule has 0 saturated carbocycles. The Kier molecular flexibility index (Phi) is 4.67. The Morgan fingerprint density at radius 1 is 1.24 bits per heavy atom. The minimum Gasteiger partial charge on any atom is -0.362 e. The van der Waals surface area contributed by atoms with Crippen molar-refractivity contribution in [1.82, 2.24) is 4.98 Å². The number of halogens is 3. The van der Waals surface area contributed by atoms with Gasteiger partial charge in [0.05, 0.1) is 11.2 Å². The summed E-state index contributed by atoms with van der Waals surface area (Å²) in [5, 5.41) is 0.715. The SMILES string of the molecule is CCCN(CC(F)(F)F)c1cc(CN)nc2ccccc12. The molecular weight excluding hydrogens is 279 g/mol. The van der Waals surface area contributed by atoms with Crippen LogP contribution in [0.25, 0.3) is 10.9 Å². The van der Waals surface area contributed by atoms with Gasteiger partial charge in [0.1, 0.15) is 6.54 Å². The van der Waals surface area contributed by atoms with E-state index in [4.69, 9.17) is 5.73 Å². The first-order chi connectivity index (χ1) is 9.94. The van der Waals surface area contributed by atoms with Crippen molar-refractivity contribution in [3.8, 4) is 0 Å². The van der Waals surface area contributed by atoms with Crippen LogP contribution in [0.4, 0.5) is 18.9 Å². The molecule has 0 radical (unpaired) electrons. The molecule has 0 aliphatic rings. The van der Waals surface area contributed by atoms with Gasteiger partial charge in [0.25, 0.3) is 0 Å². The quantitative estimate of drug-likeness (QED) is 0.919. The molecule has 1 aromatic heterocycles. The molecule has 2 N–H and O–H groups in total. The van der Waals surface area contributed by atoms with Crippen LogP contribution in [0.1, 0.15) is 19.0 Å². The number of benzene rings is 1. The van der Waals surface area contributed by atoms with Crippen molar-refractivity contribution >= 4 is 16.6 Å². The van der Waals surface area contributed by atoms with E-state index in [-0.39, 0.29) is 6.54 Å². The monoisotopic (exact) mass is 297 g/mol. The molecular formula is C15H18F3N3. The molecule has 0 atom stereocenters. The van der Waals surface area contributed by atoms with Crippen molar-refractivity contribution < 1.29 is 13.2 Å². The maximum atomic E-state index is 12.8. The van der Waals surface area contributed by atoms with E-state index in [1.807, 2.05) is 13.0 Å². The first-order valence-corrected chi connectivity index (χ1v) is 6.85. The predicted octanol–water partition coefficient (Wildman–Crippen LogP) is 3.47. The third kappa shape index (κ3) is 3.85. The van der Waals surface area contributed by atoms with E-state index in [2.05, 4.69) is 4.98 Å². The van der Waals surface area contributed by atoms with Crippen LogP contribution in [0.3, 0.4) is 0 Å². The van der Waals surface area contributed by atoms with Crippen LogP contribution in [0.5, 0.6) is 0 Å². The average molecular weight is 297 g/mol. The van der Waals surface area contributed by atoms with Gasteiger partial charge in [-0.15, -0.1) is 0 Å². The lowest BCUT2D eigenvalue weighted by Crippen LogP contribution is -2.35. The summed E-state index contributed by atoms with van der Waals surface area (Å²) in [4.78, 5) is 5.71. The van der Waals surface area contributed by atoms with Crippen LogP contribution in [0.2, 0.25) is 0 Å². The molecule has 0 unspecified atom stereocenters. The van der Waals surface area contributed by atoms with Gasteiger partial charge in [-0.25, -0.2) is 0 Å². The van der Waals surface area contributed by atoms with Gasteiger partial charge in [0.2, 0.25) is 0 Å².